The van der Waals surface area contributed by atoms with Crippen LogP contribution < -0.4 is 0 Å². The zero-order valence-corrected chi connectivity index (χ0v) is 16.5. The van der Waals surface area contributed by atoms with E-state index in [1.54, 1.807) is 0 Å². The van der Waals surface area contributed by atoms with Crippen LogP contribution in [0.2, 0.25) is 0 Å². The molecule has 0 bridgehead atoms. The summed E-state index contributed by atoms with van der Waals surface area (Å²) >= 11 is 0. The first-order chi connectivity index (χ1) is 12.5. The maximum atomic E-state index is 11.0. The van der Waals surface area contributed by atoms with Crippen molar-refractivity contribution in [1.82, 2.24) is 0 Å². The third kappa shape index (κ3) is 5.90. The minimum atomic E-state index is -4.30. The van der Waals surface area contributed by atoms with Crippen molar-refractivity contribution in [2.45, 2.75) is 9.79 Å². The Labute approximate surface area is 164 Å². The lowest BCUT2D eigenvalue weighted by atomic mass is 10.1. The summed E-state index contributed by atoms with van der Waals surface area (Å²) in [6.07, 6.45) is 0. The van der Waals surface area contributed by atoms with Gasteiger partial charge < -0.3 is 0 Å². The van der Waals surface area contributed by atoms with Crippen LogP contribution in [0.25, 0.3) is 10.8 Å². The topological polar surface area (TPSA) is 111 Å². The van der Waals surface area contributed by atoms with Gasteiger partial charge in [-0.05, 0) is 16.8 Å². The van der Waals surface area contributed by atoms with Gasteiger partial charge in [-0.2, -0.15) is 0 Å². The zero-order chi connectivity index (χ0) is 20.2. The molecule has 0 heterocycles. The lowest BCUT2D eigenvalue weighted by Crippen LogP contribution is -1.99. The molecule has 0 aliphatic carbocycles. The molecule has 0 spiro atoms. The molecule has 142 valence electrons. The Balaban J connectivity index is 0.000000219. The number of hydrogen-bond acceptors (Lipinski definition) is 6. The molecule has 0 saturated heterocycles. The monoisotopic (exact) mass is 447 g/mol. The van der Waals surface area contributed by atoms with Crippen LogP contribution in [0.5, 0.6) is 0 Å². The number of non-ortho nitro benzene ring substituents is 1. The highest BCUT2D eigenvalue weighted by Crippen LogP contribution is 2.27. The highest BCUT2D eigenvalue weighted by molar-refractivity contribution is 8.14. The number of hydrogen-bond donors (Lipinski definition) is 0. The Bertz CT molecular complexity index is 1090. The highest BCUT2D eigenvalue weighted by Gasteiger charge is 2.22. The Morgan fingerprint density at radius 3 is 1.30 bits per heavy atom. The van der Waals surface area contributed by atoms with E-state index in [0.29, 0.717) is 18.2 Å². The standard InChI is InChI=1S/C10H8.C6H3Cl2NO6S2/c1-2-6-10-8-4-3-7-9(10)5-1;7-16(12,13)5-1-4(9(10)11)2-6(3-5)17(8,14)15/h1-8H;1-3H. The van der Waals surface area contributed by atoms with Crippen molar-refractivity contribution < 1.29 is 21.8 Å². The van der Waals surface area contributed by atoms with E-state index in [4.69, 9.17) is 21.4 Å². The quantitative estimate of drug-likeness (QED) is 0.336. The average Bonchev–Trinajstić information content (AvgIpc) is 2.60. The third-order valence-corrected chi connectivity index (χ3v) is 5.96. The van der Waals surface area contributed by atoms with E-state index in [2.05, 4.69) is 48.5 Å². The minimum Gasteiger partial charge on any atom is -0.258 e. The van der Waals surface area contributed by atoms with Crippen molar-refractivity contribution in [2.24, 2.45) is 0 Å². The predicted octanol–water partition coefficient (Wildman–Crippen LogP) is 4.29. The van der Waals surface area contributed by atoms with Crippen LogP contribution in [-0.4, -0.2) is 21.8 Å². The second kappa shape index (κ2) is 8.22. The number of fused-ring (bicyclic) bond motifs is 1. The highest BCUT2D eigenvalue weighted by atomic mass is 35.7. The van der Waals surface area contributed by atoms with Gasteiger partial charge >= 0.3 is 0 Å². The zero-order valence-electron chi connectivity index (χ0n) is 13.3. The maximum absolute atomic E-state index is 11.0. The van der Waals surface area contributed by atoms with Gasteiger partial charge in [-0.25, -0.2) is 16.8 Å². The molecule has 0 saturated carbocycles. The summed E-state index contributed by atoms with van der Waals surface area (Å²) in [4.78, 5) is 8.10. The van der Waals surface area contributed by atoms with E-state index in [1.165, 1.54) is 10.8 Å². The molecule has 3 aromatic rings. The number of benzene rings is 3. The fourth-order valence-electron chi connectivity index (χ4n) is 2.08. The molecule has 3 aromatic carbocycles. The Morgan fingerprint density at radius 2 is 1.04 bits per heavy atom. The summed E-state index contributed by atoms with van der Waals surface area (Å²) in [5, 5.41) is 13.1. The first kappa shape index (κ1) is 21.1. The van der Waals surface area contributed by atoms with Crippen molar-refractivity contribution in [2.75, 3.05) is 0 Å². The molecule has 0 aliphatic heterocycles. The first-order valence-electron chi connectivity index (χ1n) is 7.11. The molecule has 0 atom stereocenters. The Morgan fingerprint density at radius 1 is 0.704 bits per heavy atom. The van der Waals surface area contributed by atoms with E-state index in [-0.39, 0.29) is 0 Å². The van der Waals surface area contributed by atoms with Crippen molar-refractivity contribution >= 4 is 55.9 Å². The molecule has 0 fully saturated rings. The number of rotatable bonds is 3. The molecule has 0 aromatic heterocycles. The van der Waals surface area contributed by atoms with E-state index >= 15 is 0 Å². The van der Waals surface area contributed by atoms with Gasteiger partial charge in [0.05, 0.1) is 14.7 Å². The summed E-state index contributed by atoms with van der Waals surface area (Å²) in [6, 6.07) is 18.6. The predicted molar refractivity (Wildman–Crippen MR) is 103 cm³/mol. The van der Waals surface area contributed by atoms with E-state index < -0.39 is 38.5 Å². The molecule has 0 amide bonds. The van der Waals surface area contributed by atoms with Crippen LogP contribution in [0.15, 0.2) is 76.5 Å². The number of nitrogens with zero attached hydrogens (tertiary/aromatic N) is 1. The van der Waals surface area contributed by atoms with Crippen LogP contribution in [0.1, 0.15) is 0 Å². The third-order valence-electron chi connectivity index (χ3n) is 3.30. The summed E-state index contributed by atoms with van der Waals surface area (Å²) < 4.78 is 44.0. The largest absolute Gasteiger partial charge is 0.272 e. The molecule has 0 unspecified atom stereocenters. The van der Waals surface area contributed by atoms with Crippen molar-refractivity contribution in [3.63, 3.8) is 0 Å². The van der Waals surface area contributed by atoms with Crippen LogP contribution >= 0.6 is 21.4 Å². The van der Waals surface area contributed by atoms with Crippen LogP contribution in [0.3, 0.4) is 0 Å². The molecule has 27 heavy (non-hydrogen) atoms. The van der Waals surface area contributed by atoms with Crippen molar-refractivity contribution in [1.29, 1.82) is 0 Å². The fourth-order valence-corrected chi connectivity index (χ4v) is 3.74. The van der Waals surface area contributed by atoms with Gasteiger partial charge in [0.15, 0.2) is 0 Å². The van der Waals surface area contributed by atoms with Gasteiger partial charge in [0.25, 0.3) is 23.8 Å². The van der Waals surface area contributed by atoms with Gasteiger partial charge in [-0.1, -0.05) is 48.5 Å². The maximum Gasteiger partial charge on any atom is 0.272 e. The number of nitro benzene ring substituents is 1. The lowest BCUT2D eigenvalue weighted by molar-refractivity contribution is -0.385. The number of halogens is 2. The second-order valence-corrected chi connectivity index (χ2v) is 10.3. The van der Waals surface area contributed by atoms with Crippen molar-refractivity contribution in [3.05, 3.63) is 76.8 Å². The average molecular weight is 448 g/mol. The molecule has 3 rings (SSSR count). The molecule has 7 nitrogen and oxygen atoms in total. The van der Waals surface area contributed by atoms with Gasteiger partial charge in [0.1, 0.15) is 0 Å². The van der Waals surface area contributed by atoms with E-state index in [1.807, 2.05) is 0 Å². The summed E-state index contributed by atoms with van der Waals surface area (Å²) in [5.74, 6) is 0. The fraction of sp³-hybridized carbons (Fsp3) is 0. The normalized spacial score (nSPS) is 11.5. The van der Waals surface area contributed by atoms with Gasteiger partial charge in [-0.15, -0.1) is 0 Å². The van der Waals surface area contributed by atoms with Crippen LogP contribution in [-0.2, 0) is 18.1 Å². The van der Waals surface area contributed by atoms with E-state index in [0.717, 1.165) is 0 Å². The smallest absolute Gasteiger partial charge is 0.258 e. The molecule has 11 heteroatoms. The summed E-state index contributed by atoms with van der Waals surface area (Å²) in [6.45, 7) is 0. The van der Waals surface area contributed by atoms with Crippen LogP contribution in [0.4, 0.5) is 5.69 Å². The van der Waals surface area contributed by atoms with Crippen molar-refractivity contribution in [3.8, 4) is 0 Å². The van der Waals surface area contributed by atoms with E-state index in [9.17, 15) is 26.9 Å². The Kier molecular flexibility index (Phi) is 6.42. The first-order valence-corrected chi connectivity index (χ1v) is 11.7. The summed E-state index contributed by atoms with van der Waals surface area (Å²) in [5.41, 5.74) is -0.744. The minimum absolute atomic E-state index is 0.633. The SMILES string of the molecule is O=[N+]([O-])c1cc(S(=O)(=O)Cl)cc(S(=O)(=O)Cl)c1.c1ccc2ccccc2c1. The van der Waals surface area contributed by atoms with Gasteiger partial charge in [-0.3, -0.25) is 10.1 Å². The molecule has 0 radical (unpaired) electrons. The number of nitro groups is 1. The second-order valence-electron chi connectivity index (χ2n) is 5.14. The van der Waals surface area contributed by atoms with Gasteiger partial charge in [0.2, 0.25) is 0 Å². The van der Waals surface area contributed by atoms with Gasteiger partial charge in [0, 0.05) is 33.5 Å². The molecular weight excluding hydrogens is 437 g/mol. The molecule has 0 N–H and O–H groups in total. The Hall–Kier alpha value is -2.20. The van der Waals surface area contributed by atoms with Crippen LogP contribution in [0, 0.1) is 10.1 Å². The molecular formula is C16H11Cl2NO6S2. The lowest BCUT2D eigenvalue weighted by Gasteiger charge is -2.00. The molecule has 0 aliphatic rings. The summed E-state index contributed by atoms with van der Waals surface area (Å²) in [7, 11) is 1.34.